The van der Waals surface area contributed by atoms with E-state index in [9.17, 15) is 9.59 Å². The van der Waals surface area contributed by atoms with Crippen molar-refractivity contribution in [1.29, 1.82) is 0 Å². The number of allylic oxidation sites excluding steroid dienone is 2. The van der Waals surface area contributed by atoms with E-state index in [1.807, 2.05) is 0 Å². The van der Waals surface area contributed by atoms with Crippen LogP contribution in [0.3, 0.4) is 0 Å². The fourth-order valence-electron chi connectivity index (χ4n) is 0.831. The van der Waals surface area contributed by atoms with Gasteiger partial charge in [0.05, 0.1) is 0 Å². The quantitative estimate of drug-likeness (QED) is 0.603. The first-order chi connectivity index (χ1) is 7.08. The number of unbranched alkanes of at least 4 members (excludes halogenated alkanes) is 1. The Labute approximate surface area is 93.1 Å². The zero-order valence-electron chi connectivity index (χ0n) is 9.92. The van der Waals surface area contributed by atoms with Crippen molar-refractivity contribution in [2.45, 2.75) is 46.0 Å². The molecule has 0 spiro atoms. The predicted molar refractivity (Wildman–Crippen MR) is 64.8 cm³/mol. The number of hydrogen-bond donors (Lipinski definition) is 0. The second kappa shape index (κ2) is 12.8. The average molecular weight is 210 g/mol. The summed E-state index contributed by atoms with van der Waals surface area (Å²) in [5, 5.41) is 0. The van der Waals surface area contributed by atoms with Gasteiger partial charge in [0.25, 0.3) is 0 Å². The van der Waals surface area contributed by atoms with Crippen LogP contribution in [0.5, 0.6) is 0 Å². The third-order valence-electron chi connectivity index (χ3n) is 1.63. The van der Waals surface area contributed by atoms with E-state index < -0.39 is 0 Å². The molecule has 15 heavy (non-hydrogen) atoms. The lowest BCUT2D eigenvalue weighted by atomic mass is 10.2. The van der Waals surface area contributed by atoms with Gasteiger partial charge in [-0.2, -0.15) is 0 Å². The van der Waals surface area contributed by atoms with Gasteiger partial charge in [0.1, 0.15) is 11.6 Å². The summed E-state index contributed by atoms with van der Waals surface area (Å²) in [6.45, 7) is 10.6. The number of rotatable bonds is 7. The fraction of sp³-hybridized carbons (Fsp3) is 0.538. The average Bonchev–Trinajstić information content (AvgIpc) is 2.16. The van der Waals surface area contributed by atoms with Crippen LogP contribution in [0.4, 0.5) is 0 Å². The lowest BCUT2D eigenvalue weighted by Crippen LogP contribution is -1.90. The molecular formula is C13H22O2. The highest BCUT2D eigenvalue weighted by molar-refractivity contribution is 5.80. The molecule has 0 amide bonds. The van der Waals surface area contributed by atoms with Gasteiger partial charge < -0.3 is 4.79 Å². The van der Waals surface area contributed by atoms with E-state index in [-0.39, 0.29) is 5.78 Å². The maximum atomic E-state index is 10.5. The Bertz CT molecular complexity index is 193. The number of Topliss-reactive ketones (excluding diaryl/α,β-unsaturated/α-hetero) is 2. The molecule has 0 aromatic carbocycles. The van der Waals surface area contributed by atoms with E-state index in [1.54, 1.807) is 19.1 Å². The summed E-state index contributed by atoms with van der Waals surface area (Å²) in [4.78, 5) is 20.7. The second-order valence-corrected chi connectivity index (χ2v) is 3.33. The Morgan fingerprint density at radius 1 is 1.13 bits per heavy atom. The Morgan fingerprint density at radius 2 is 1.60 bits per heavy atom. The monoisotopic (exact) mass is 210 g/mol. The molecule has 0 saturated carbocycles. The first-order valence-corrected chi connectivity index (χ1v) is 5.31. The summed E-state index contributed by atoms with van der Waals surface area (Å²) in [6, 6.07) is 0. The summed E-state index contributed by atoms with van der Waals surface area (Å²) < 4.78 is 0. The Morgan fingerprint density at radius 3 is 1.80 bits per heavy atom. The third kappa shape index (κ3) is 19.3. The molecule has 0 aliphatic heterocycles. The van der Waals surface area contributed by atoms with Gasteiger partial charge in [-0.3, -0.25) is 4.79 Å². The molecule has 2 heteroatoms. The maximum absolute atomic E-state index is 10.5. The normalized spacial score (nSPS) is 8.40. The van der Waals surface area contributed by atoms with Crippen LogP contribution in [0.15, 0.2) is 25.3 Å². The van der Waals surface area contributed by atoms with Crippen molar-refractivity contribution in [2.75, 3.05) is 0 Å². The van der Waals surface area contributed by atoms with Crippen LogP contribution in [-0.4, -0.2) is 11.6 Å². The van der Waals surface area contributed by atoms with Gasteiger partial charge in [-0.25, -0.2) is 0 Å². The van der Waals surface area contributed by atoms with Crippen molar-refractivity contribution in [2.24, 2.45) is 0 Å². The van der Waals surface area contributed by atoms with Crippen LogP contribution < -0.4 is 0 Å². The van der Waals surface area contributed by atoms with Gasteiger partial charge in [-0.1, -0.05) is 25.5 Å². The van der Waals surface area contributed by atoms with Crippen molar-refractivity contribution < 1.29 is 9.59 Å². The first kappa shape index (κ1) is 16.3. The molecular weight excluding hydrogens is 188 g/mol. The van der Waals surface area contributed by atoms with E-state index in [4.69, 9.17) is 0 Å². The van der Waals surface area contributed by atoms with E-state index in [1.165, 1.54) is 0 Å². The summed E-state index contributed by atoms with van der Waals surface area (Å²) in [6.07, 6.45) is 7.07. The van der Waals surface area contributed by atoms with Gasteiger partial charge in [-0.05, 0) is 13.3 Å². The highest BCUT2D eigenvalue weighted by Gasteiger charge is 1.91. The molecule has 0 N–H and O–H groups in total. The highest BCUT2D eigenvalue weighted by Crippen LogP contribution is 1.92. The SMILES string of the molecule is C=CCC(=O)CC=C.CCCCC(C)=O. The topological polar surface area (TPSA) is 34.1 Å². The molecule has 0 saturated heterocycles. The molecule has 0 aromatic rings. The summed E-state index contributed by atoms with van der Waals surface area (Å²) in [7, 11) is 0. The van der Waals surface area contributed by atoms with Gasteiger partial charge >= 0.3 is 0 Å². The number of carbonyl (C=O) groups is 2. The smallest absolute Gasteiger partial charge is 0.140 e. The highest BCUT2D eigenvalue weighted by atomic mass is 16.1. The minimum atomic E-state index is 0.176. The van der Waals surface area contributed by atoms with Crippen molar-refractivity contribution >= 4 is 11.6 Å². The first-order valence-electron chi connectivity index (χ1n) is 5.31. The zero-order chi connectivity index (χ0) is 12.1. The zero-order valence-corrected chi connectivity index (χ0v) is 9.92. The Balaban J connectivity index is 0. The summed E-state index contributed by atoms with van der Waals surface area (Å²) >= 11 is 0. The van der Waals surface area contributed by atoms with Gasteiger partial charge in [0.2, 0.25) is 0 Å². The molecule has 0 unspecified atom stereocenters. The van der Waals surface area contributed by atoms with Crippen LogP contribution in [0.2, 0.25) is 0 Å². The second-order valence-electron chi connectivity index (χ2n) is 3.33. The predicted octanol–water partition coefficient (Wildman–Crippen LogP) is 3.47. The molecule has 0 atom stereocenters. The molecule has 0 aromatic heterocycles. The van der Waals surface area contributed by atoms with E-state index >= 15 is 0 Å². The van der Waals surface area contributed by atoms with Crippen LogP contribution in [0.1, 0.15) is 46.0 Å². The van der Waals surface area contributed by atoms with Crippen molar-refractivity contribution in [3.05, 3.63) is 25.3 Å². The molecule has 0 radical (unpaired) electrons. The van der Waals surface area contributed by atoms with Gasteiger partial charge in [-0.15, -0.1) is 13.2 Å². The molecule has 0 heterocycles. The van der Waals surface area contributed by atoms with E-state index in [0.29, 0.717) is 18.6 Å². The fourth-order valence-corrected chi connectivity index (χ4v) is 0.831. The number of hydrogen-bond acceptors (Lipinski definition) is 2. The van der Waals surface area contributed by atoms with Gasteiger partial charge in [0.15, 0.2) is 0 Å². The standard InChI is InChI=1S/C7H10O.C6H12O/c1-3-5-7(8)6-4-2;1-3-4-5-6(2)7/h3-4H,1-2,5-6H2;3-5H2,1-2H3. The molecule has 0 bridgehead atoms. The minimum absolute atomic E-state index is 0.176. The Kier molecular flexibility index (Phi) is 13.9. The largest absolute Gasteiger partial charge is 0.300 e. The van der Waals surface area contributed by atoms with Crippen LogP contribution in [0.25, 0.3) is 0 Å². The maximum Gasteiger partial charge on any atom is 0.140 e. The molecule has 86 valence electrons. The van der Waals surface area contributed by atoms with E-state index in [2.05, 4.69) is 20.1 Å². The van der Waals surface area contributed by atoms with Crippen molar-refractivity contribution in [3.8, 4) is 0 Å². The summed E-state index contributed by atoms with van der Waals surface area (Å²) in [5.74, 6) is 0.483. The molecule has 2 nitrogen and oxygen atoms in total. The number of ketones is 2. The Hall–Kier alpha value is -1.18. The molecule has 0 fully saturated rings. The lowest BCUT2D eigenvalue weighted by Gasteiger charge is -1.86. The van der Waals surface area contributed by atoms with Crippen molar-refractivity contribution in [1.82, 2.24) is 0 Å². The molecule has 0 aliphatic carbocycles. The van der Waals surface area contributed by atoms with Crippen LogP contribution in [0, 0.1) is 0 Å². The van der Waals surface area contributed by atoms with Crippen molar-refractivity contribution in [3.63, 3.8) is 0 Å². The van der Waals surface area contributed by atoms with Crippen LogP contribution in [-0.2, 0) is 9.59 Å². The van der Waals surface area contributed by atoms with Gasteiger partial charge in [0, 0.05) is 19.3 Å². The van der Waals surface area contributed by atoms with Crippen LogP contribution >= 0.6 is 0 Å². The summed E-state index contributed by atoms with van der Waals surface area (Å²) in [5.41, 5.74) is 0. The molecule has 0 aliphatic rings. The molecule has 0 rings (SSSR count). The lowest BCUT2D eigenvalue weighted by molar-refractivity contribution is -0.118. The minimum Gasteiger partial charge on any atom is -0.300 e. The number of carbonyl (C=O) groups excluding carboxylic acids is 2. The van der Waals surface area contributed by atoms with E-state index in [0.717, 1.165) is 19.3 Å². The third-order valence-corrected chi connectivity index (χ3v) is 1.63.